The van der Waals surface area contributed by atoms with Gasteiger partial charge in [0, 0.05) is 25.9 Å². The number of aromatic nitrogens is 2. The van der Waals surface area contributed by atoms with Crippen molar-refractivity contribution >= 4 is 11.9 Å². The van der Waals surface area contributed by atoms with Crippen LogP contribution in [0.1, 0.15) is 17.3 Å². The second-order valence-corrected chi connectivity index (χ2v) is 4.41. The van der Waals surface area contributed by atoms with Gasteiger partial charge in [0.05, 0.1) is 12.3 Å². The van der Waals surface area contributed by atoms with Gasteiger partial charge in [-0.15, -0.1) is 0 Å². The first kappa shape index (κ1) is 14.0. The molecule has 0 unspecified atom stereocenters. The summed E-state index contributed by atoms with van der Waals surface area (Å²) < 4.78 is 5.06. The Hall–Kier alpha value is -2.43. The molecule has 0 radical (unpaired) electrons. The molecule has 1 aromatic carbocycles. The molecule has 0 spiro atoms. The largest absolute Gasteiger partial charge is 0.462 e. The van der Waals surface area contributed by atoms with Gasteiger partial charge >= 0.3 is 5.97 Å². The van der Waals surface area contributed by atoms with Crippen LogP contribution in [0.15, 0.2) is 36.5 Å². The van der Waals surface area contributed by atoms with Gasteiger partial charge in [-0.3, -0.25) is 0 Å². The van der Waals surface area contributed by atoms with E-state index >= 15 is 0 Å². The number of nitrogens with zero attached hydrogens (tertiary/aromatic N) is 3. The van der Waals surface area contributed by atoms with E-state index in [0.29, 0.717) is 23.8 Å². The molecule has 0 aliphatic heterocycles. The molecule has 104 valence electrons. The number of hydrogen-bond donors (Lipinski definition) is 0. The lowest BCUT2D eigenvalue weighted by atomic mass is 10.1. The zero-order chi connectivity index (χ0) is 14.5. The number of anilines is 1. The van der Waals surface area contributed by atoms with Gasteiger partial charge in [-0.05, 0) is 6.92 Å². The second-order valence-electron chi connectivity index (χ2n) is 4.41. The van der Waals surface area contributed by atoms with Crippen LogP contribution < -0.4 is 4.90 Å². The molecule has 5 heteroatoms. The Bertz CT molecular complexity index is 597. The minimum atomic E-state index is -0.406. The van der Waals surface area contributed by atoms with E-state index in [2.05, 4.69) is 9.97 Å². The number of benzene rings is 1. The molecule has 0 bridgehead atoms. The molecule has 20 heavy (non-hydrogen) atoms. The van der Waals surface area contributed by atoms with Crippen LogP contribution in [-0.4, -0.2) is 36.6 Å². The van der Waals surface area contributed by atoms with Crippen molar-refractivity contribution in [3.63, 3.8) is 0 Å². The molecule has 2 aromatic rings. The third-order valence-corrected chi connectivity index (χ3v) is 2.72. The summed E-state index contributed by atoms with van der Waals surface area (Å²) in [5.74, 6) is 0.147. The van der Waals surface area contributed by atoms with E-state index in [0.717, 1.165) is 5.56 Å². The minimum absolute atomic E-state index is 0.322. The first-order chi connectivity index (χ1) is 9.63. The first-order valence-electron chi connectivity index (χ1n) is 6.40. The molecule has 0 aliphatic rings. The van der Waals surface area contributed by atoms with Crippen LogP contribution in [-0.2, 0) is 4.74 Å². The van der Waals surface area contributed by atoms with Crippen LogP contribution in [0.2, 0.25) is 0 Å². The topological polar surface area (TPSA) is 55.3 Å². The van der Waals surface area contributed by atoms with E-state index in [-0.39, 0.29) is 0 Å². The van der Waals surface area contributed by atoms with Gasteiger partial charge in [-0.1, -0.05) is 30.3 Å². The fourth-order valence-electron chi connectivity index (χ4n) is 1.76. The number of esters is 1. The standard InChI is InChI=1S/C15H17N3O2/c1-4-20-14(19)12-10-16-15(18(2)3)17-13(12)11-8-6-5-7-9-11/h5-10H,4H2,1-3H3. The molecule has 0 saturated heterocycles. The van der Waals surface area contributed by atoms with Crippen molar-refractivity contribution in [2.75, 3.05) is 25.6 Å². The predicted octanol–water partition coefficient (Wildman–Crippen LogP) is 2.39. The highest BCUT2D eigenvalue weighted by molar-refractivity contribution is 5.96. The van der Waals surface area contributed by atoms with Gasteiger partial charge in [0.1, 0.15) is 5.56 Å². The Labute approximate surface area is 118 Å². The maximum Gasteiger partial charge on any atom is 0.341 e. The van der Waals surface area contributed by atoms with E-state index in [9.17, 15) is 4.79 Å². The molecule has 0 fully saturated rings. The average molecular weight is 271 g/mol. The second kappa shape index (κ2) is 6.14. The number of ether oxygens (including phenoxy) is 1. The lowest BCUT2D eigenvalue weighted by molar-refractivity contribution is 0.0526. The van der Waals surface area contributed by atoms with E-state index in [1.807, 2.05) is 44.4 Å². The quantitative estimate of drug-likeness (QED) is 0.799. The number of carbonyl (C=O) groups is 1. The van der Waals surface area contributed by atoms with E-state index < -0.39 is 5.97 Å². The molecular weight excluding hydrogens is 254 g/mol. The van der Waals surface area contributed by atoms with Gasteiger partial charge in [0.2, 0.25) is 5.95 Å². The van der Waals surface area contributed by atoms with E-state index in [1.54, 1.807) is 11.8 Å². The molecule has 1 heterocycles. The Morgan fingerprint density at radius 2 is 1.95 bits per heavy atom. The van der Waals surface area contributed by atoms with Gasteiger partial charge in [0.15, 0.2) is 0 Å². The molecular formula is C15H17N3O2. The van der Waals surface area contributed by atoms with Crippen molar-refractivity contribution in [1.29, 1.82) is 0 Å². The normalized spacial score (nSPS) is 10.2. The molecule has 2 rings (SSSR count). The van der Waals surface area contributed by atoms with Gasteiger partial charge in [-0.2, -0.15) is 0 Å². The Morgan fingerprint density at radius 1 is 1.25 bits per heavy atom. The Balaban J connectivity index is 2.54. The first-order valence-corrected chi connectivity index (χ1v) is 6.40. The third-order valence-electron chi connectivity index (χ3n) is 2.72. The number of hydrogen-bond acceptors (Lipinski definition) is 5. The monoisotopic (exact) mass is 271 g/mol. The van der Waals surface area contributed by atoms with Crippen molar-refractivity contribution in [1.82, 2.24) is 9.97 Å². The summed E-state index contributed by atoms with van der Waals surface area (Å²) in [5, 5.41) is 0. The van der Waals surface area contributed by atoms with Crippen LogP contribution in [0.3, 0.4) is 0 Å². The summed E-state index contributed by atoms with van der Waals surface area (Å²) in [6.45, 7) is 2.09. The third kappa shape index (κ3) is 2.93. The van der Waals surface area contributed by atoms with Crippen LogP contribution >= 0.6 is 0 Å². The molecule has 1 aromatic heterocycles. The molecule has 0 atom stereocenters. The van der Waals surface area contributed by atoms with Gasteiger partial charge < -0.3 is 9.64 Å². The SMILES string of the molecule is CCOC(=O)c1cnc(N(C)C)nc1-c1ccccc1. The van der Waals surface area contributed by atoms with Crippen LogP contribution in [0.5, 0.6) is 0 Å². The molecule has 0 N–H and O–H groups in total. The highest BCUT2D eigenvalue weighted by Crippen LogP contribution is 2.23. The predicted molar refractivity (Wildman–Crippen MR) is 77.8 cm³/mol. The fourth-order valence-corrected chi connectivity index (χ4v) is 1.76. The fraction of sp³-hybridized carbons (Fsp3) is 0.267. The van der Waals surface area contributed by atoms with Crippen molar-refractivity contribution in [3.05, 3.63) is 42.1 Å². The van der Waals surface area contributed by atoms with Crippen molar-refractivity contribution in [3.8, 4) is 11.3 Å². The minimum Gasteiger partial charge on any atom is -0.462 e. The molecule has 5 nitrogen and oxygen atoms in total. The zero-order valence-electron chi connectivity index (χ0n) is 11.8. The van der Waals surface area contributed by atoms with Gasteiger partial charge in [-0.25, -0.2) is 14.8 Å². The summed E-state index contributed by atoms with van der Waals surface area (Å²) in [7, 11) is 3.71. The number of rotatable bonds is 4. The molecule has 0 amide bonds. The smallest absolute Gasteiger partial charge is 0.341 e. The number of carbonyl (C=O) groups excluding carboxylic acids is 1. The molecule has 0 saturated carbocycles. The molecule has 0 aliphatic carbocycles. The lowest BCUT2D eigenvalue weighted by Gasteiger charge is -2.13. The van der Waals surface area contributed by atoms with Crippen molar-refractivity contribution < 1.29 is 9.53 Å². The Kier molecular flexibility index (Phi) is 4.30. The van der Waals surface area contributed by atoms with Crippen LogP contribution in [0.4, 0.5) is 5.95 Å². The maximum atomic E-state index is 12.0. The average Bonchev–Trinajstić information content (AvgIpc) is 2.47. The lowest BCUT2D eigenvalue weighted by Crippen LogP contribution is -2.15. The van der Waals surface area contributed by atoms with Crippen molar-refractivity contribution in [2.45, 2.75) is 6.92 Å². The summed E-state index contributed by atoms with van der Waals surface area (Å²) in [4.78, 5) is 22.4. The van der Waals surface area contributed by atoms with E-state index in [1.165, 1.54) is 6.20 Å². The van der Waals surface area contributed by atoms with Crippen molar-refractivity contribution in [2.24, 2.45) is 0 Å². The zero-order valence-corrected chi connectivity index (χ0v) is 11.8. The summed E-state index contributed by atoms with van der Waals surface area (Å²) in [5.41, 5.74) is 1.83. The highest BCUT2D eigenvalue weighted by atomic mass is 16.5. The summed E-state index contributed by atoms with van der Waals surface area (Å²) in [6, 6.07) is 9.54. The highest BCUT2D eigenvalue weighted by Gasteiger charge is 2.17. The summed E-state index contributed by atoms with van der Waals surface area (Å²) in [6.07, 6.45) is 1.52. The summed E-state index contributed by atoms with van der Waals surface area (Å²) >= 11 is 0. The van der Waals surface area contributed by atoms with Crippen LogP contribution in [0.25, 0.3) is 11.3 Å². The van der Waals surface area contributed by atoms with E-state index in [4.69, 9.17) is 4.74 Å². The maximum absolute atomic E-state index is 12.0. The Morgan fingerprint density at radius 3 is 2.55 bits per heavy atom. The van der Waals surface area contributed by atoms with Crippen LogP contribution in [0, 0.1) is 0 Å². The van der Waals surface area contributed by atoms with Gasteiger partial charge in [0.25, 0.3) is 0 Å².